The number of halogens is 3. The number of aliphatic hydroxyl groups is 1. The fourth-order valence-electron chi connectivity index (χ4n) is 1.83. The third-order valence-electron chi connectivity index (χ3n) is 2.79. The van der Waals surface area contributed by atoms with E-state index in [2.05, 4.69) is 0 Å². The van der Waals surface area contributed by atoms with Crippen molar-refractivity contribution in [3.63, 3.8) is 0 Å². The molecular weight excluding hydrogens is 285 g/mol. The van der Waals surface area contributed by atoms with E-state index in [0.717, 1.165) is 12.1 Å². The summed E-state index contributed by atoms with van der Waals surface area (Å²) in [7, 11) is 0. The predicted octanol–water partition coefficient (Wildman–Crippen LogP) is 3.45. The molecule has 0 radical (unpaired) electrons. The third-order valence-corrected chi connectivity index (χ3v) is 2.79. The Morgan fingerprint density at radius 2 is 1.62 bits per heavy atom. The van der Waals surface area contributed by atoms with Crippen molar-refractivity contribution < 1.29 is 28.1 Å². The lowest BCUT2D eigenvalue weighted by Gasteiger charge is -2.13. The van der Waals surface area contributed by atoms with Gasteiger partial charge in [-0.3, -0.25) is 0 Å². The van der Waals surface area contributed by atoms with Crippen LogP contribution in [0, 0.1) is 0 Å². The molecule has 6 heteroatoms. The lowest BCUT2D eigenvalue weighted by molar-refractivity contribution is -0.137. The highest BCUT2D eigenvalue weighted by atomic mass is 19.4. The Morgan fingerprint density at radius 1 is 0.952 bits per heavy atom. The first-order chi connectivity index (χ1) is 9.90. The Balaban J connectivity index is 2.46. The molecule has 0 fully saturated rings. The van der Waals surface area contributed by atoms with Crippen molar-refractivity contribution in [3.05, 3.63) is 48.0 Å². The van der Waals surface area contributed by atoms with Crippen molar-refractivity contribution in [2.75, 3.05) is 13.2 Å². The molecule has 0 aliphatic carbocycles. The summed E-state index contributed by atoms with van der Waals surface area (Å²) in [6.07, 6.45) is -4.50. The molecule has 0 spiro atoms. The van der Waals surface area contributed by atoms with Crippen LogP contribution in [0.1, 0.15) is 5.56 Å². The van der Waals surface area contributed by atoms with E-state index >= 15 is 0 Å². The summed E-state index contributed by atoms with van der Waals surface area (Å²) in [5.74, 6) is 0.0597. The average molecular weight is 298 g/mol. The quantitative estimate of drug-likeness (QED) is 0.909. The SMILES string of the molecule is OCCOc1cc(-c2ccc(O)cc2)cc(C(F)(F)F)c1. The summed E-state index contributed by atoms with van der Waals surface area (Å²) in [5, 5.41) is 17.9. The number of hydrogen-bond acceptors (Lipinski definition) is 3. The standard InChI is InChI=1S/C15H13F3O3/c16-15(17,18)12-7-11(8-14(9-12)21-6-5-19)10-1-3-13(20)4-2-10/h1-4,7-9,19-20H,5-6H2. The van der Waals surface area contributed by atoms with Crippen molar-refractivity contribution in [2.24, 2.45) is 0 Å². The molecule has 21 heavy (non-hydrogen) atoms. The Hall–Kier alpha value is -2.21. The van der Waals surface area contributed by atoms with Gasteiger partial charge in [0.25, 0.3) is 0 Å². The Kier molecular flexibility index (Phi) is 4.37. The van der Waals surface area contributed by atoms with Gasteiger partial charge >= 0.3 is 6.18 Å². The van der Waals surface area contributed by atoms with Crippen LogP contribution in [-0.4, -0.2) is 23.4 Å². The second-order valence-electron chi connectivity index (χ2n) is 4.36. The molecule has 0 aliphatic rings. The Bertz CT molecular complexity index is 607. The van der Waals surface area contributed by atoms with Crippen LogP contribution in [-0.2, 0) is 6.18 Å². The van der Waals surface area contributed by atoms with Gasteiger partial charge in [0.15, 0.2) is 0 Å². The predicted molar refractivity (Wildman–Crippen MR) is 71.1 cm³/mol. The fourth-order valence-corrected chi connectivity index (χ4v) is 1.83. The fraction of sp³-hybridized carbons (Fsp3) is 0.200. The van der Waals surface area contributed by atoms with Crippen LogP contribution in [0.3, 0.4) is 0 Å². The molecule has 2 aromatic carbocycles. The molecular formula is C15H13F3O3. The van der Waals surface area contributed by atoms with E-state index in [0.29, 0.717) is 11.1 Å². The normalized spacial score (nSPS) is 11.4. The molecule has 2 rings (SSSR count). The van der Waals surface area contributed by atoms with E-state index in [9.17, 15) is 18.3 Å². The Labute approximate surface area is 119 Å². The van der Waals surface area contributed by atoms with Gasteiger partial charge in [0, 0.05) is 0 Å². The third kappa shape index (κ3) is 3.88. The van der Waals surface area contributed by atoms with E-state index < -0.39 is 11.7 Å². The maximum atomic E-state index is 12.9. The first-order valence-electron chi connectivity index (χ1n) is 6.15. The van der Waals surface area contributed by atoms with Crippen molar-refractivity contribution in [1.82, 2.24) is 0 Å². The summed E-state index contributed by atoms with van der Waals surface area (Å²) >= 11 is 0. The molecule has 0 heterocycles. The number of hydrogen-bond donors (Lipinski definition) is 2. The molecule has 3 nitrogen and oxygen atoms in total. The minimum atomic E-state index is -4.50. The molecule has 0 atom stereocenters. The summed E-state index contributed by atoms with van der Waals surface area (Å²) in [6.45, 7) is -0.374. The molecule has 0 aromatic heterocycles. The summed E-state index contributed by atoms with van der Waals surface area (Å²) in [4.78, 5) is 0. The zero-order chi connectivity index (χ0) is 15.5. The number of aromatic hydroxyl groups is 1. The second-order valence-corrected chi connectivity index (χ2v) is 4.36. The molecule has 0 unspecified atom stereocenters. The van der Waals surface area contributed by atoms with Crippen molar-refractivity contribution in [2.45, 2.75) is 6.18 Å². The molecule has 2 N–H and O–H groups in total. The van der Waals surface area contributed by atoms with Crippen molar-refractivity contribution in [1.29, 1.82) is 0 Å². The van der Waals surface area contributed by atoms with Crippen molar-refractivity contribution >= 4 is 0 Å². The molecule has 0 saturated carbocycles. The van der Waals surface area contributed by atoms with Gasteiger partial charge in [0.05, 0.1) is 12.2 Å². The molecule has 2 aromatic rings. The van der Waals surface area contributed by atoms with Gasteiger partial charge in [-0.2, -0.15) is 13.2 Å². The van der Waals surface area contributed by atoms with Crippen LogP contribution in [0.15, 0.2) is 42.5 Å². The molecule has 112 valence electrons. The number of phenols is 1. The van der Waals surface area contributed by atoms with E-state index in [4.69, 9.17) is 9.84 Å². The first-order valence-corrected chi connectivity index (χ1v) is 6.15. The van der Waals surface area contributed by atoms with Crippen LogP contribution in [0.2, 0.25) is 0 Å². The summed E-state index contributed by atoms with van der Waals surface area (Å²) in [5.41, 5.74) is 0.00604. The maximum Gasteiger partial charge on any atom is 0.416 e. The van der Waals surface area contributed by atoms with E-state index in [1.54, 1.807) is 0 Å². The number of benzene rings is 2. The molecule has 0 amide bonds. The number of alkyl halides is 3. The zero-order valence-corrected chi connectivity index (χ0v) is 10.9. The van der Waals surface area contributed by atoms with Crippen LogP contribution >= 0.6 is 0 Å². The van der Waals surface area contributed by atoms with E-state index in [1.807, 2.05) is 0 Å². The summed E-state index contributed by atoms with van der Waals surface area (Å²) < 4.78 is 43.8. The van der Waals surface area contributed by atoms with E-state index in [-0.39, 0.29) is 24.7 Å². The van der Waals surface area contributed by atoms with Crippen LogP contribution in [0.4, 0.5) is 13.2 Å². The number of rotatable bonds is 4. The highest BCUT2D eigenvalue weighted by Gasteiger charge is 2.31. The zero-order valence-electron chi connectivity index (χ0n) is 10.9. The number of ether oxygens (including phenoxy) is 1. The number of phenolic OH excluding ortho intramolecular Hbond substituents is 1. The smallest absolute Gasteiger partial charge is 0.416 e. The van der Waals surface area contributed by atoms with Gasteiger partial charge < -0.3 is 14.9 Å². The largest absolute Gasteiger partial charge is 0.508 e. The van der Waals surface area contributed by atoms with Crippen molar-refractivity contribution in [3.8, 4) is 22.6 Å². The van der Waals surface area contributed by atoms with E-state index in [1.165, 1.54) is 30.3 Å². The van der Waals surface area contributed by atoms with Gasteiger partial charge in [-0.15, -0.1) is 0 Å². The first kappa shape index (κ1) is 15.2. The number of aliphatic hydroxyl groups excluding tert-OH is 1. The molecule has 0 saturated heterocycles. The van der Waals surface area contributed by atoms with Crippen LogP contribution in [0.25, 0.3) is 11.1 Å². The minimum Gasteiger partial charge on any atom is -0.508 e. The summed E-state index contributed by atoms with van der Waals surface area (Å²) in [6, 6.07) is 9.17. The highest BCUT2D eigenvalue weighted by Crippen LogP contribution is 2.35. The minimum absolute atomic E-state index is 0.0296. The van der Waals surface area contributed by atoms with Gasteiger partial charge in [-0.25, -0.2) is 0 Å². The molecule has 0 bridgehead atoms. The lowest BCUT2D eigenvalue weighted by Crippen LogP contribution is -2.07. The van der Waals surface area contributed by atoms with Gasteiger partial charge in [0.1, 0.15) is 18.1 Å². The molecule has 0 aliphatic heterocycles. The average Bonchev–Trinajstić information content (AvgIpc) is 2.44. The van der Waals surface area contributed by atoms with Crippen LogP contribution in [0.5, 0.6) is 11.5 Å². The van der Waals surface area contributed by atoms with Gasteiger partial charge in [0.2, 0.25) is 0 Å². The highest BCUT2D eigenvalue weighted by molar-refractivity contribution is 5.67. The monoisotopic (exact) mass is 298 g/mol. The van der Waals surface area contributed by atoms with Gasteiger partial charge in [-0.05, 0) is 41.5 Å². The van der Waals surface area contributed by atoms with Crippen LogP contribution < -0.4 is 4.74 Å². The Morgan fingerprint density at radius 3 is 2.19 bits per heavy atom. The van der Waals surface area contributed by atoms with Gasteiger partial charge in [-0.1, -0.05) is 12.1 Å². The maximum absolute atomic E-state index is 12.9. The lowest BCUT2D eigenvalue weighted by atomic mass is 10.0. The topological polar surface area (TPSA) is 49.7 Å². The second kappa shape index (κ2) is 6.05.